The lowest BCUT2D eigenvalue weighted by atomic mass is 10.1. The van der Waals surface area contributed by atoms with E-state index in [9.17, 15) is 4.79 Å². The summed E-state index contributed by atoms with van der Waals surface area (Å²) in [7, 11) is 1.87. The first-order valence-electron chi connectivity index (χ1n) is 10.8. The number of hydrogen-bond acceptors (Lipinski definition) is 5. The van der Waals surface area contributed by atoms with E-state index in [1.165, 1.54) is 5.56 Å². The number of benzene rings is 1. The number of pyridine rings is 1. The Labute approximate surface area is 187 Å². The highest BCUT2D eigenvalue weighted by molar-refractivity contribution is 6.19. The fourth-order valence-electron chi connectivity index (χ4n) is 4.08. The van der Waals surface area contributed by atoms with Crippen molar-refractivity contribution in [1.29, 1.82) is 0 Å². The number of anilines is 2. The number of guanidine groups is 1. The van der Waals surface area contributed by atoms with E-state index in [1.807, 2.05) is 20.0 Å². The molecule has 2 aliphatic heterocycles. The zero-order chi connectivity index (χ0) is 22.2. The van der Waals surface area contributed by atoms with E-state index in [4.69, 9.17) is 0 Å². The third-order valence-corrected chi connectivity index (χ3v) is 5.71. The van der Waals surface area contributed by atoms with Crippen LogP contribution in [0, 0.1) is 25.7 Å². The molecule has 3 aromatic rings. The van der Waals surface area contributed by atoms with E-state index in [1.54, 1.807) is 23.0 Å². The number of aliphatic imine (C=N–C) groups is 1. The standard InChI is InChI=1S/C25H24N6O/c1-16-9-10-20-23(12-16)31-11-7-5-4-6-8-22-19(15-26-30(22)3)21-14-18(13-17(2)27-21)24(32)29-25(31)28-20/h9-10,12-15H,4-5,7,11H2,1-3H3,(H,28,29,32). The van der Waals surface area contributed by atoms with Crippen LogP contribution < -0.4 is 10.2 Å². The smallest absolute Gasteiger partial charge is 0.280 e. The summed E-state index contributed by atoms with van der Waals surface area (Å²) in [5, 5.41) is 7.69. The molecule has 160 valence electrons. The van der Waals surface area contributed by atoms with Gasteiger partial charge in [-0.3, -0.25) is 14.5 Å². The molecule has 7 heteroatoms. The molecule has 0 fully saturated rings. The van der Waals surface area contributed by atoms with Gasteiger partial charge in [-0.25, -0.2) is 0 Å². The number of carbonyl (C=O) groups excluding carboxylic acids is 1. The number of carbonyl (C=O) groups is 1. The molecule has 0 aliphatic carbocycles. The molecule has 2 aromatic heterocycles. The van der Waals surface area contributed by atoms with Crippen LogP contribution in [0.1, 0.15) is 46.6 Å². The van der Waals surface area contributed by atoms with Gasteiger partial charge in [0.1, 0.15) is 5.69 Å². The number of fused-ring (bicyclic) bond motifs is 7. The van der Waals surface area contributed by atoms with Gasteiger partial charge in [0.25, 0.3) is 5.91 Å². The lowest BCUT2D eigenvalue weighted by Crippen LogP contribution is -2.32. The zero-order valence-electron chi connectivity index (χ0n) is 18.4. The van der Waals surface area contributed by atoms with Crippen LogP contribution in [-0.2, 0) is 7.05 Å². The first-order chi connectivity index (χ1) is 15.5. The first-order valence-corrected chi connectivity index (χ1v) is 10.8. The second kappa shape index (κ2) is 7.97. The number of nitrogens with zero attached hydrogens (tertiary/aromatic N) is 5. The number of hydrogen-bond donors (Lipinski definition) is 1. The van der Waals surface area contributed by atoms with Crippen molar-refractivity contribution in [1.82, 2.24) is 14.8 Å². The lowest BCUT2D eigenvalue weighted by Gasteiger charge is -2.18. The van der Waals surface area contributed by atoms with Gasteiger partial charge in [-0.05, 0) is 62.4 Å². The average molecular weight is 425 g/mol. The van der Waals surface area contributed by atoms with Gasteiger partial charge >= 0.3 is 0 Å². The summed E-state index contributed by atoms with van der Waals surface area (Å²) in [4.78, 5) is 24.4. The maximum absolute atomic E-state index is 13.2. The monoisotopic (exact) mass is 424 g/mol. The summed E-state index contributed by atoms with van der Waals surface area (Å²) >= 11 is 0. The fraction of sp³-hybridized carbons (Fsp3) is 0.280. The van der Waals surface area contributed by atoms with Crippen LogP contribution in [0.15, 0.2) is 41.5 Å². The largest absolute Gasteiger partial charge is 0.324 e. The van der Waals surface area contributed by atoms with E-state index in [-0.39, 0.29) is 5.91 Å². The maximum Gasteiger partial charge on any atom is 0.280 e. The van der Waals surface area contributed by atoms with Crippen molar-refractivity contribution in [2.24, 2.45) is 12.0 Å². The van der Waals surface area contributed by atoms with Gasteiger partial charge in [-0.1, -0.05) is 12.0 Å². The molecule has 2 aliphatic rings. The molecule has 0 saturated carbocycles. The van der Waals surface area contributed by atoms with E-state index in [2.05, 4.69) is 56.2 Å². The van der Waals surface area contributed by atoms with Gasteiger partial charge in [0.05, 0.1) is 28.8 Å². The molecule has 4 heterocycles. The number of rotatable bonds is 0. The highest BCUT2D eigenvalue weighted by Gasteiger charge is 2.26. The third-order valence-electron chi connectivity index (χ3n) is 5.71. The molecular weight excluding hydrogens is 400 g/mol. The Bertz CT molecular complexity index is 1320. The Balaban J connectivity index is 1.62. The summed E-state index contributed by atoms with van der Waals surface area (Å²) in [6.45, 7) is 4.70. The Morgan fingerprint density at radius 1 is 1.12 bits per heavy atom. The van der Waals surface area contributed by atoms with E-state index in [0.29, 0.717) is 17.2 Å². The summed E-state index contributed by atoms with van der Waals surface area (Å²) in [6, 6.07) is 9.76. The first kappa shape index (κ1) is 20.0. The molecule has 0 atom stereocenters. The molecule has 1 aromatic carbocycles. The predicted molar refractivity (Wildman–Crippen MR) is 126 cm³/mol. The van der Waals surface area contributed by atoms with Crippen molar-refractivity contribution in [3.63, 3.8) is 0 Å². The van der Waals surface area contributed by atoms with Crippen molar-refractivity contribution in [3.8, 4) is 23.1 Å². The quantitative estimate of drug-likeness (QED) is 0.551. The van der Waals surface area contributed by atoms with Crippen LogP contribution >= 0.6 is 0 Å². The van der Waals surface area contributed by atoms with Crippen LogP contribution in [0.5, 0.6) is 0 Å². The van der Waals surface area contributed by atoms with Gasteiger partial charge in [-0.2, -0.15) is 10.1 Å². The molecule has 5 rings (SSSR count). The Kier molecular flexibility index (Phi) is 4.98. The van der Waals surface area contributed by atoms with Crippen LogP contribution in [0.3, 0.4) is 0 Å². The second-order valence-electron chi connectivity index (χ2n) is 8.21. The zero-order valence-corrected chi connectivity index (χ0v) is 18.4. The highest BCUT2D eigenvalue weighted by Crippen LogP contribution is 2.34. The number of nitrogens with one attached hydrogen (secondary N) is 1. The van der Waals surface area contributed by atoms with Crippen LogP contribution in [0.25, 0.3) is 11.3 Å². The Morgan fingerprint density at radius 3 is 2.88 bits per heavy atom. The van der Waals surface area contributed by atoms with Crippen molar-refractivity contribution in [2.45, 2.75) is 33.1 Å². The van der Waals surface area contributed by atoms with Crippen molar-refractivity contribution >= 4 is 23.2 Å². The van der Waals surface area contributed by atoms with Gasteiger partial charge in [0.2, 0.25) is 5.96 Å². The maximum atomic E-state index is 13.2. The molecule has 2 bridgehead atoms. The summed E-state index contributed by atoms with van der Waals surface area (Å²) < 4.78 is 1.76. The topological polar surface area (TPSA) is 75.4 Å². The van der Waals surface area contributed by atoms with Crippen LogP contribution in [-0.4, -0.2) is 33.2 Å². The number of aryl methyl sites for hydroxylation is 3. The molecule has 0 saturated heterocycles. The van der Waals surface area contributed by atoms with Crippen molar-refractivity contribution < 1.29 is 4.79 Å². The van der Waals surface area contributed by atoms with Crippen LogP contribution in [0.4, 0.5) is 11.4 Å². The molecular formula is C25H24N6O. The van der Waals surface area contributed by atoms with Crippen molar-refractivity contribution in [2.75, 3.05) is 16.8 Å². The summed E-state index contributed by atoms with van der Waals surface area (Å²) in [5.74, 6) is 6.81. The predicted octanol–water partition coefficient (Wildman–Crippen LogP) is 4.06. The Morgan fingerprint density at radius 2 is 2.00 bits per heavy atom. The van der Waals surface area contributed by atoms with Gasteiger partial charge < -0.3 is 10.2 Å². The van der Waals surface area contributed by atoms with Gasteiger partial charge in [0, 0.05) is 31.3 Å². The SMILES string of the molecule is Cc1ccc2c(c1)N1CCCCC#Cc3c(cnn3C)-c3cc(cc(C)n3)C(=O)/N=C/1N2. The van der Waals surface area contributed by atoms with Gasteiger partial charge in [0.15, 0.2) is 0 Å². The average Bonchev–Trinajstić information content (AvgIpc) is 3.29. The minimum atomic E-state index is -0.305. The van der Waals surface area contributed by atoms with Gasteiger partial charge in [-0.15, -0.1) is 0 Å². The van der Waals surface area contributed by atoms with E-state index < -0.39 is 0 Å². The summed E-state index contributed by atoms with van der Waals surface area (Å²) in [6.07, 6.45) is 4.42. The molecule has 1 N–H and O–H groups in total. The molecule has 7 nitrogen and oxygen atoms in total. The van der Waals surface area contributed by atoms with E-state index in [0.717, 1.165) is 54.1 Å². The molecule has 1 amide bonds. The fourth-order valence-corrected chi connectivity index (χ4v) is 4.08. The Hall–Kier alpha value is -3.92. The summed E-state index contributed by atoms with van der Waals surface area (Å²) in [5.41, 5.74) is 6.72. The number of amides is 1. The molecule has 32 heavy (non-hydrogen) atoms. The minimum absolute atomic E-state index is 0.305. The second-order valence-corrected chi connectivity index (χ2v) is 8.21. The minimum Gasteiger partial charge on any atom is -0.324 e. The molecule has 0 radical (unpaired) electrons. The lowest BCUT2D eigenvalue weighted by molar-refractivity contribution is 0.100. The highest BCUT2D eigenvalue weighted by atomic mass is 16.1. The van der Waals surface area contributed by atoms with Crippen molar-refractivity contribution in [3.05, 3.63) is 59.0 Å². The molecule has 0 spiro atoms. The normalized spacial score (nSPS) is 16.9. The molecule has 0 unspecified atom stereocenters. The van der Waals surface area contributed by atoms with Crippen LogP contribution in [0.2, 0.25) is 0 Å². The third kappa shape index (κ3) is 3.65. The van der Waals surface area contributed by atoms with E-state index >= 15 is 0 Å². The number of aromatic nitrogens is 3.